The van der Waals surface area contributed by atoms with Crippen molar-refractivity contribution >= 4 is 13.7 Å². The molecule has 0 N–H and O–H groups in total. The molecule has 0 spiro atoms. The van der Waals surface area contributed by atoms with E-state index in [4.69, 9.17) is 13.8 Å². The molecule has 1 saturated heterocycles. The monoisotopic (exact) mass is 571 g/mol. The maximum atomic E-state index is 14.8. The van der Waals surface area contributed by atoms with Crippen LogP contribution in [-0.2, 0) is 13.6 Å². The molecule has 1 rings (SSSR count). The van der Waals surface area contributed by atoms with Crippen LogP contribution in [0.2, 0.25) is 0 Å². The fourth-order valence-corrected chi connectivity index (χ4v) is 7.62. The molecule has 1 aliphatic heterocycles. The van der Waals surface area contributed by atoms with Crippen LogP contribution >= 0.6 is 7.75 Å². The summed E-state index contributed by atoms with van der Waals surface area (Å²) in [7, 11) is -3.79. The Balaban J connectivity index is 3.39. The van der Waals surface area contributed by atoms with Gasteiger partial charge in [0.15, 0.2) is 0 Å². The first-order valence-electron chi connectivity index (χ1n) is 16.7. The molecule has 2 atom stereocenters. The maximum absolute atomic E-state index is 14.8. The third-order valence-corrected chi connectivity index (χ3v) is 9.72. The first kappa shape index (κ1) is 36.4. The van der Waals surface area contributed by atoms with Crippen molar-refractivity contribution in [1.82, 2.24) is 9.80 Å². The lowest BCUT2D eigenvalue weighted by atomic mass is 9.93. The number of hydrogen-bond acceptors (Lipinski definition) is 3. The SMILES string of the molecule is CCCCCCN1CCN(CCCCCC)C1=NP(=O)(OC(C)(C)CCC)OC(C)(CCCC)CCCCC. The molecule has 6 nitrogen and oxygen atoms in total. The Labute approximate surface area is 243 Å². The number of unbranched alkanes of at least 4 members (excludes halogenated alkanes) is 9. The lowest BCUT2D eigenvalue weighted by molar-refractivity contribution is 0.00863. The predicted molar refractivity (Wildman–Crippen MR) is 170 cm³/mol. The number of hydrogen-bond donors (Lipinski definition) is 0. The van der Waals surface area contributed by atoms with Crippen molar-refractivity contribution in [3.8, 4) is 0 Å². The van der Waals surface area contributed by atoms with Crippen molar-refractivity contribution in [2.45, 2.75) is 176 Å². The van der Waals surface area contributed by atoms with Gasteiger partial charge in [-0.25, -0.2) is 4.57 Å². The average molecular weight is 572 g/mol. The molecule has 2 unspecified atom stereocenters. The van der Waals surface area contributed by atoms with Crippen LogP contribution in [0, 0.1) is 0 Å². The largest absolute Gasteiger partial charge is 0.458 e. The fourth-order valence-electron chi connectivity index (χ4n) is 5.57. The molecular formula is C32H66N3O3P. The van der Waals surface area contributed by atoms with E-state index in [2.05, 4.69) is 51.3 Å². The Kier molecular flexibility index (Phi) is 18.2. The highest BCUT2D eigenvalue weighted by atomic mass is 31.2. The van der Waals surface area contributed by atoms with Gasteiger partial charge < -0.3 is 9.80 Å². The van der Waals surface area contributed by atoms with Crippen LogP contribution in [0.4, 0.5) is 0 Å². The van der Waals surface area contributed by atoms with E-state index >= 15 is 0 Å². The highest BCUT2D eigenvalue weighted by molar-refractivity contribution is 7.52. The Morgan fingerprint density at radius 1 is 0.641 bits per heavy atom. The van der Waals surface area contributed by atoms with Crippen molar-refractivity contribution < 1.29 is 13.6 Å². The molecule has 0 amide bonds. The summed E-state index contributed by atoms with van der Waals surface area (Å²) >= 11 is 0. The van der Waals surface area contributed by atoms with E-state index in [0.717, 1.165) is 103 Å². The molecule has 0 aromatic rings. The second-order valence-electron chi connectivity index (χ2n) is 12.7. The minimum Gasteiger partial charge on any atom is -0.341 e. The van der Waals surface area contributed by atoms with Crippen LogP contribution in [0.3, 0.4) is 0 Å². The third kappa shape index (κ3) is 14.7. The van der Waals surface area contributed by atoms with Crippen molar-refractivity contribution in [1.29, 1.82) is 0 Å². The van der Waals surface area contributed by atoms with E-state index in [0.29, 0.717) is 0 Å². The van der Waals surface area contributed by atoms with Crippen LogP contribution < -0.4 is 0 Å². The summed E-state index contributed by atoms with van der Waals surface area (Å²) in [5.41, 5.74) is -1.08. The van der Waals surface area contributed by atoms with Gasteiger partial charge in [0.25, 0.3) is 0 Å². The third-order valence-electron chi connectivity index (χ3n) is 7.90. The van der Waals surface area contributed by atoms with Gasteiger partial charge in [-0.05, 0) is 52.9 Å². The normalized spacial score (nSPS) is 17.5. The van der Waals surface area contributed by atoms with Gasteiger partial charge in [0.1, 0.15) is 0 Å². The smallest absolute Gasteiger partial charge is 0.341 e. The van der Waals surface area contributed by atoms with E-state index in [1.807, 2.05) is 13.8 Å². The second-order valence-corrected chi connectivity index (χ2v) is 14.2. The Morgan fingerprint density at radius 2 is 1.13 bits per heavy atom. The highest BCUT2D eigenvalue weighted by Gasteiger charge is 2.42. The fraction of sp³-hybridized carbons (Fsp3) is 0.969. The average Bonchev–Trinajstić information content (AvgIpc) is 3.23. The Morgan fingerprint density at radius 3 is 1.62 bits per heavy atom. The second kappa shape index (κ2) is 19.5. The van der Waals surface area contributed by atoms with Gasteiger partial charge in [-0.3, -0.25) is 9.05 Å². The van der Waals surface area contributed by atoms with Crippen molar-refractivity contribution in [2.75, 3.05) is 26.2 Å². The predicted octanol–water partition coefficient (Wildman–Crippen LogP) is 10.4. The van der Waals surface area contributed by atoms with Crippen molar-refractivity contribution in [3.63, 3.8) is 0 Å². The summed E-state index contributed by atoms with van der Waals surface area (Å²) in [5, 5.41) is 0. The Hall–Kier alpha value is -0.580. The summed E-state index contributed by atoms with van der Waals surface area (Å²) in [4.78, 5) is 4.70. The molecule has 1 fully saturated rings. The topological polar surface area (TPSA) is 54.4 Å². The molecule has 0 bridgehead atoms. The van der Waals surface area contributed by atoms with E-state index in [-0.39, 0.29) is 0 Å². The quantitative estimate of drug-likeness (QED) is 0.0852. The van der Waals surface area contributed by atoms with Gasteiger partial charge in [0, 0.05) is 26.2 Å². The highest BCUT2D eigenvalue weighted by Crippen LogP contribution is 2.58. The summed E-state index contributed by atoms with van der Waals surface area (Å²) in [5.74, 6) is 0.838. The van der Waals surface area contributed by atoms with Crippen molar-refractivity contribution in [2.24, 2.45) is 4.76 Å². The zero-order valence-corrected chi connectivity index (χ0v) is 28.3. The summed E-state index contributed by atoms with van der Waals surface area (Å²) in [6, 6.07) is 0. The van der Waals surface area contributed by atoms with Crippen molar-refractivity contribution in [3.05, 3.63) is 0 Å². The zero-order valence-electron chi connectivity index (χ0n) is 27.4. The lowest BCUT2D eigenvalue weighted by Gasteiger charge is -2.36. The lowest BCUT2D eigenvalue weighted by Crippen LogP contribution is -2.36. The van der Waals surface area contributed by atoms with E-state index in [9.17, 15) is 4.57 Å². The van der Waals surface area contributed by atoms with Gasteiger partial charge in [0.2, 0.25) is 5.96 Å². The molecule has 0 aromatic carbocycles. The molecule has 1 heterocycles. The zero-order chi connectivity index (χ0) is 29.2. The molecule has 232 valence electrons. The molecule has 0 aliphatic carbocycles. The van der Waals surface area contributed by atoms with Crippen LogP contribution in [-0.4, -0.2) is 53.1 Å². The van der Waals surface area contributed by atoms with Crippen LogP contribution in [0.15, 0.2) is 4.76 Å². The van der Waals surface area contributed by atoms with E-state index in [1.54, 1.807) is 0 Å². The van der Waals surface area contributed by atoms with Crippen LogP contribution in [0.5, 0.6) is 0 Å². The number of nitrogens with zero attached hydrogens (tertiary/aromatic N) is 3. The molecule has 1 aliphatic rings. The van der Waals surface area contributed by atoms with E-state index < -0.39 is 18.9 Å². The molecule has 39 heavy (non-hydrogen) atoms. The Bertz CT molecular complexity index is 693. The molecular weight excluding hydrogens is 505 g/mol. The molecule has 0 saturated carbocycles. The summed E-state index contributed by atoms with van der Waals surface area (Å²) in [6.07, 6.45) is 18.7. The van der Waals surface area contributed by atoms with Gasteiger partial charge in [-0.1, -0.05) is 112 Å². The van der Waals surface area contributed by atoms with Gasteiger partial charge in [-0.2, -0.15) is 0 Å². The maximum Gasteiger partial charge on any atom is 0.458 e. The first-order chi connectivity index (χ1) is 18.6. The summed E-state index contributed by atoms with van der Waals surface area (Å²) < 4.78 is 33.0. The van der Waals surface area contributed by atoms with Gasteiger partial charge in [0.05, 0.1) is 11.2 Å². The van der Waals surface area contributed by atoms with Gasteiger partial charge in [-0.15, -0.1) is 4.76 Å². The standard InChI is InChI=1S/C32H66N3O3P/c1-9-14-18-21-26-34-28-29-35(27-22-19-15-10-2)30(34)33-39(36,37-31(6,7)23-13-5)38-32(8,24-17-12-4)25-20-16-11-3/h9-29H2,1-8H3. The van der Waals surface area contributed by atoms with Gasteiger partial charge >= 0.3 is 7.75 Å². The number of guanidine groups is 1. The molecule has 0 aromatic heterocycles. The summed E-state index contributed by atoms with van der Waals surface area (Å²) in [6.45, 7) is 21.0. The minimum absolute atomic E-state index is 0.510. The number of rotatable bonds is 24. The molecule has 7 heteroatoms. The van der Waals surface area contributed by atoms with E-state index in [1.165, 1.54) is 38.5 Å². The minimum atomic E-state index is -3.79. The van der Waals surface area contributed by atoms with Crippen LogP contribution in [0.25, 0.3) is 0 Å². The van der Waals surface area contributed by atoms with Crippen LogP contribution in [0.1, 0.15) is 165 Å². The molecule has 0 radical (unpaired) electrons. The first-order valence-corrected chi connectivity index (χ1v) is 18.2.